The first-order chi connectivity index (χ1) is 20.3. The summed E-state index contributed by atoms with van der Waals surface area (Å²) in [5, 5.41) is 10.3. The van der Waals surface area contributed by atoms with Crippen LogP contribution in [0.15, 0.2) is 30.3 Å². The third-order valence-electron chi connectivity index (χ3n) is 10.4. The van der Waals surface area contributed by atoms with Crippen molar-refractivity contribution < 1.29 is 4.79 Å². The molecule has 0 bridgehead atoms. The maximum atomic E-state index is 14.0. The molecule has 3 aliphatic rings. The minimum atomic E-state index is -0.347. The van der Waals surface area contributed by atoms with Crippen LogP contribution in [0, 0.1) is 11.3 Å². The molecule has 2 fully saturated rings. The third-order valence-corrected chi connectivity index (χ3v) is 10.4. The lowest BCUT2D eigenvalue weighted by Gasteiger charge is -2.44. The van der Waals surface area contributed by atoms with Crippen molar-refractivity contribution in [3.8, 4) is 6.07 Å². The molecule has 2 aliphatic heterocycles. The number of aromatic nitrogens is 1. The molecule has 2 saturated heterocycles. The second-order valence-electron chi connectivity index (χ2n) is 13.2. The highest BCUT2D eigenvalue weighted by Gasteiger charge is 2.41. The Morgan fingerprint density at radius 3 is 2.43 bits per heavy atom. The van der Waals surface area contributed by atoms with Gasteiger partial charge in [0.05, 0.1) is 17.2 Å². The minimum absolute atomic E-state index is 0.0970. The molecule has 0 amide bonds. The first kappa shape index (κ1) is 29.0. The van der Waals surface area contributed by atoms with Crippen LogP contribution < -0.4 is 4.90 Å². The summed E-state index contributed by atoms with van der Waals surface area (Å²) < 4.78 is 0. The van der Waals surface area contributed by atoms with Crippen LogP contribution in [0.25, 0.3) is 10.9 Å². The van der Waals surface area contributed by atoms with Gasteiger partial charge in [0.25, 0.3) is 0 Å². The second-order valence-corrected chi connectivity index (χ2v) is 13.2. The van der Waals surface area contributed by atoms with Gasteiger partial charge in [-0.1, -0.05) is 53.0 Å². The molecule has 0 atom stereocenters. The van der Waals surface area contributed by atoms with Gasteiger partial charge in [-0.3, -0.25) is 9.69 Å². The number of fused-ring (bicyclic) bond motifs is 4. The van der Waals surface area contributed by atoms with Gasteiger partial charge in [0.15, 0.2) is 5.78 Å². The van der Waals surface area contributed by atoms with Gasteiger partial charge in [-0.15, -0.1) is 0 Å². The van der Waals surface area contributed by atoms with Gasteiger partial charge in [0.1, 0.15) is 0 Å². The topological polar surface area (TPSA) is 66.4 Å². The molecule has 6 heteroatoms. The second kappa shape index (κ2) is 11.9. The van der Waals surface area contributed by atoms with E-state index in [4.69, 9.17) is 0 Å². The zero-order valence-electron chi connectivity index (χ0n) is 26.1. The highest BCUT2D eigenvalue weighted by molar-refractivity contribution is 6.20. The number of hydrogen-bond donors (Lipinski definition) is 1. The molecule has 6 nitrogen and oxygen atoms in total. The average molecular weight is 566 g/mol. The number of aromatic amines is 1. The molecule has 6 rings (SSSR count). The molecule has 3 heterocycles. The van der Waals surface area contributed by atoms with E-state index in [1.165, 1.54) is 82.5 Å². The van der Waals surface area contributed by atoms with E-state index >= 15 is 0 Å². The number of rotatable bonds is 8. The van der Waals surface area contributed by atoms with E-state index in [1.54, 1.807) is 0 Å². The third kappa shape index (κ3) is 5.16. The van der Waals surface area contributed by atoms with Crippen LogP contribution in [0.4, 0.5) is 5.69 Å². The van der Waals surface area contributed by atoms with Crippen molar-refractivity contribution in [2.45, 2.75) is 84.1 Å². The predicted octanol–water partition coefficient (Wildman–Crippen LogP) is 6.64. The summed E-state index contributed by atoms with van der Waals surface area (Å²) in [6, 6.07) is 13.0. The molecule has 42 heavy (non-hydrogen) atoms. The lowest BCUT2D eigenvalue weighted by atomic mass is 9.70. The summed E-state index contributed by atoms with van der Waals surface area (Å²) >= 11 is 0. The fourth-order valence-corrected chi connectivity index (χ4v) is 7.74. The fraction of sp³-hybridized carbons (Fsp3) is 0.556. The number of hydrogen-bond acceptors (Lipinski definition) is 5. The van der Waals surface area contributed by atoms with Crippen molar-refractivity contribution in [2.75, 3.05) is 50.7 Å². The van der Waals surface area contributed by atoms with Crippen LogP contribution in [-0.4, -0.2) is 72.4 Å². The molecule has 2 aromatic carbocycles. The van der Waals surface area contributed by atoms with Crippen molar-refractivity contribution in [3.05, 3.63) is 63.8 Å². The number of carbonyl (C=O) groups is 1. The van der Waals surface area contributed by atoms with Crippen LogP contribution in [0.1, 0.15) is 105 Å². The molecule has 1 N–H and O–H groups in total. The Labute approximate surface area is 251 Å². The van der Waals surface area contributed by atoms with E-state index in [0.29, 0.717) is 11.6 Å². The molecule has 222 valence electrons. The van der Waals surface area contributed by atoms with Crippen molar-refractivity contribution in [2.24, 2.45) is 0 Å². The van der Waals surface area contributed by atoms with Gasteiger partial charge in [0, 0.05) is 78.6 Å². The Hall–Kier alpha value is -3.14. The Morgan fingerprint density at radius 1 is 0.976 bits per heavy atom. The van der Waals surface area contributed by atoms with Crippen LogP contribution in [0.5, 0.6) is 0 Å². The van der Waals surface area contributed by atoms with Crippen LogP contribution in [0.3, 0.4) is 0 Å². The number of anilines is 1. The summed E-state index contributed by atoms with van der Waals surface area (Å²) in [6.07, 6.45) is 8.70. The lowest BCUT2D eigenvalue weighted by Crippen LogP contribution is -2.53. The summed E-state index contributed by atoms with van der Waals surface area (Å²) in [7, 11) is 0. The number of nitrogens with zero attached hydrogens (tertiary/aromatic N) is 4. The fourth-order valence-electron chi connectivity index (χ4n) is 7.74. The standard InChI is InChI=1S/C36H47N5O/c1-5-7-8-9-14-39-17-19-40(20-18-39)27-12-15-41(16-13-27)32-23-30-29(22-26(32)6-2)34(42)33-28-11-10-25(24-37)21-31(28)38-35(33)36(30,3)4/h10-11,21-23,27,38H,5-9,12-20H2,1-4H3. The highest BCUT2D eigenvalue weighted by atomic mass is 16.1. The average Bonchev–Trinajstić information content (AvgIpc) is 3.42. The number of piperidine rings is 1. The number of nitrogens with one attached hydrogen (secondary N) is 1. The number of aryl methyl sites for hydroxylation is 1. The van der Waals surface area contributed by atoms with Crippen molar-refractivity contribution in [1.29, 1.82) is 5.26 Å². The Morgan fingerprint density at radius 2 is 1.74 bits per heavy atom. The van der Waals surface area contributed by atoms with Crippen LogP contribution in [0.2, 0.25) is 0 Å². The first-order valence-electron chi connectivity index (χ1n) is 16.4. The Bertz CT molecular complexity index is 1500. The monoisotopic (exact) mass is 565 g/mol. The molecular formula is C36H47N5O. The van der Waals surface area contributed by atoms with E-state index in [2.05, 4.69) is 65.6 Å². The van der Waals surface area contributed by atoms with Gasteiger partial charge in [-0.2, -0.15) is 5.26 Å². The number of carbonyl (C=O) groups excluding carboxylic acids is 1. The van der Waals surface area contributed by atoms with Gasteiger partial charge in [-0.05, 0) is 67.6 Å². The number of H-pyrrole nitrogens is 1. The summed E-state index contributed by atoms with van der Waals surface area (Å²) in [5.74, 6) is 0.0970. The molecular weight excluding hydrogens is 518 g/mol. The normalized spacial score (nSPS) is 19.6. The van der Waals surface area contributed by atoms with Crippen molar-refractivity contribution >= 4 is 22.4 Å². The van der Waals surface area contributed by atoms with Crippen LogP contribution >= 0.6 is 0 Å². The van der Waals surface area contributed by atoms with E-state index in [0.717, 1.165) is 52.8 Å². The number of piperazine rings is 1. The van der Waals surface area contributed by atoms with Gasteiger partial charge < -0.3 is 14.8 Å². The first-order valence-corrected chi connectivity index (χ1v) is 16.4. The van der Waals surface area contributed by atoms with E-state index < -0.39 is 0 Å². The number of nitriles is 1. The summed E-state index contributed by atoms with van der Waals surface area (Å²) in [6.45, 7) is 17.2. The molecule has 0 saturated carbocycles. The van der Waals surface area contributed by atoms with Crippen molar-refractivity contribution in [1.82, 2.24) is 14.8 Å². The molecule has 3 aromatic rings. The van der Waals surface area contributed by atoms with Gasteiger partial charge in [-0.25, -0.2) is 0 Å². The minimum Gasteiger partial charge on any atom is -0.371 e. The molecule has 0 spiro atoms. The summed E-state index contributed by atoms with van der Waals surface area (Å²) in [5.41, 5.74) is 7.36. The largest absolute Gasteiger partial charge is 0.371 e. The zero-order chi connectivity index (χ0) is 29.4. The molecule has 0 radical (unpaired) electrons. The van der Waals surface area contributed by atoms with E-state index in [1.807, 2.05) is 18.2 Å². The number of ketones is 1. The number of unbranched alkanes of at least 4 members (excludes halogenated alkanes) is 3. The van der Waals surface area contributed by atoms with Gasteiger partial charge in [0.2, 0.25) is 0 Å². The Balaban J connectivity index is 1.18. The maximum Gasteiger partial charge on any atom is 0.195 e. The smallest absolute Gasteiger partial charge is 0.195 e. The SMILES string of the molecule is CCCCCCN1CCN(C2CCN(c3cc4c(cc3CC)C(=O)c3c([nH]c5cc(C#N)ccc35)C4(C)C)CC2)CC1. The molecule has 1 aromatic heterocycles. The van der Waals surface area contributed by atoms with Crippen molar-refractivity contribution in [3.63, 3.8) is 0 Å². The maximum absolute atomic E-state index is 14.0. The molecule has 1 aliphatic carbocycles. The quantitative estimate of drug-likeness (QED) is 0.310. The zero-order valence-corrected chi connectivity index (χ0v) is 26.1. The highest BCUT2D eigenvalue weighted by Crippen LogP contribution is 2.46. The van der Waals surface area contributed by atoms with E-state index in [9.17, 15) is 10.1 Å². The predicted molar refractivity (Wildman–Crippen MR) is 172 cm³/mol. The number of benzene rings is 2. The molecule has 0 unspecified atom stereocenters. The van der Waals surface area contributed by atoms with Gasteiger partial charge >= 0.3 is 0 Å². The Kier molecular flexibility index (Phi) is 8.18. The lowest BCUT2D eigenvalue weighted by molar-refractivity contribution is 0.0839. The summed E-state index contributed by atoms with van der Waals surface area (Å²) in [4.78, 5) is 25.6. The van der Waals surface area contributed by atoms with Crippen LogP contribution in [-0.2, 0) is 11.8 Å². The van der Waals surface area contributed by atoms with E-state index in [-0.39, 0.29) is 11.2 Å².